The van der Waals surface area contributed by atoms with Gasteiger partial charge in [-0.3, -0.25) is 0 Å². The number of aromatic nitrogens is 1. The second kappa shape index (κ2) is 6.35. The largest absolute Gasteiger partial charge is 0.478 e. The Morgan fingerprint density at radius 1 is 1.37 bits per heavy atom. The van der Waals surface area contributed by atoms with E-state index in [-0.39, 0.29) is 5.60 Å². The normalized spacial score (nSPS) is 15.5. The topological polar surface area (TPSA) is 43.4 Å². The SMILES string of the molecule is COC(C)(C)CCOc1cccc(CNC2CC2)n1. The van der Waals surface area contributed by atoms with Crippen LogP contribution in [0.15, 0.2) is 18.2 Å². The molecule has 0 aromatic carbocycles. The number of hydrogen-bond acceptors (Lipinski definition) is 4. The van der Waals surface area contributed by atoms with Gasteiger partial charge in [0.1, 0.15) is 0 Å². The van der Waals surface area contributed by atoms with E-state index in [4.69, 9.17) is 9.47 Å². The van der Waals surface area contributed by atoms with Crippen LogP contribution in [0.5, 0.6) is 5.88 Å². The summed E-state index contributed by atoms with van der Waals surface area (Å²) in [6, 6.07) is 6.63. The van der Waals surface area contributed by atoms with Gasteiger partial charge in [0.25, 0.3) is 0 Å². The summed E-state index contributed by atoms with van der Waals surface area (Å²) in [5, 5.41) is 3.45. The molecule has 2 rings (SSSR count). The maximum absolute atomic E-state index is 5.69. The molecule has 0 amide bonds. The summed E-state index contributed by atoms with van der Waals surface area (Å²) in [6.45, 7) is 5.55. The molecule has 0 aliphatic heterocycles. The van der Waals surface area contributed by atoms with Gasteiger partial charge in [-0.25, -0.2) is 4.98 Å². The third-order valence-corrected chi connectivity index (χ3v) is 3.44. The predicted molar refractivity (Wildman–Crippen MR) is 75.3 cm³/mol. The van der Waals surface area contributed by atoms with Gasteiger partial charge in [-0.2, -0.15) is 0 Å². The van der Waals surface area contributed by atoms with Crippen LogP contribution < -0.4 is 10.1 Å². The van der Waals surface area contributed by atoms with Crippen LogP contribution >= 0.6 is 0 Å². The van der Waals surface area contributed by atoms with Gasteiger partial charge in [0, 0.05) is 32.2 Å². The molecular formula is C15H24N2O2. The molecule has 1 aromatic rings. The van der Waals surface area contributed by atoms with Crippen molar-refractivity contribution in [1.82, 2.24) is 10.3 Å². The number of pyridine rings is 1. The van der Waals surface area contributed by atoms with Gasteiger partial charge in [0.15, 0.2) is 0 Å². The fourth-order valence-electron chi connectivity index (χ4n) is 1.68. The average Bonchev–Trinajstić information content (AvgIpc) is 3.21. The first-order chi connectivity index (χ1) is 9.09. The molecule has 4 nitrogen and oxygen atoms in total. The van der Waals surface area contributed by atoms with Gasteiger partial charge in [-0.05, 0) is 32.8 Å². The summed E-state index contributed by atoms with van der Waals surface area (Å²) < 4.78 is 11.0. The van der Waals surface area contributed by atoms with Gasteiger partial charge in [0.05, 0.1) is 17.9 Å². The standard InChI is InChI=1S/C15H24N2O2/c1-15(2,18-3)9-10-19-14-6-4-5-13(17-14)11-16-12-7-8-12/h4-6,12,16H,7-11H2,1-3H3. The van der Waals surface area contributed by atoms with Crippen LogP contribution in [0.4, 0.5) is 0 Å². The van der Waals surface area contributed by atoms with Gasteiger partial charge in [-0.15, -0.1) is 0 Å². The van der Waals surface area contributed by atoms with Crippen molar-refractivity contribution in [3.63, 3.8) is 0 Å². The zero-order valence-corrected chi connectivity index (χ0v) is 12.1. The number of ether oxygens (including phenoxy) is 2. The van der Waals surface area contributed by atoms with Crippen LogP contribution in [0, 0.1) is 0 Å². The average molecular weight is 264 g/mol. The van der Waals surface area contributed by atoms with E-state index >= 15 is 0 Å². The van der Waals surface area contributed by atoms with Crippen molar-refractivity contribution in [2.24, 2.45) is 0 Å². The molecule has 0 atom stereocenters. The Kier molecular flexibility index (Phi) is 4.77. The Hall–Kier alpha value is -1.13. The molecule has 1 saturated carbocycles. The van der Waals surface area contributed by atoms with Crippen LogP contribution in [-0.4, -0.2) is 30.3 Å². The molecule has 19 heavy (non-hydrogen) atoms. The summed E-state index contributed by atoms with van der Waals surface area (Å²) >= 11 is 0. The molecule has 106 valence electrons. The molecule has 1 N–H and O–H groups in total. The van der Waals surface area contributed by atoms with E-state index in [1.54, 1.807) is 7.11 Å². The van der Waals surface area contributed by atoms with Crippen LogP contribution in [-0.2, 0) is 11.3 Å². The molecule has 0 unspecified atom stereocenters. The second-order valence-electron chi connectivity index (χ2n) is 5.68. The Bertz CT molecular complexity index is 403. The maximum atomic E-state index is 5.69. The van der Waals surface area contributed by atoms with Crippen molar-refractivity contribution in [1.29, 1.82) is 0 Å². The number of nitrogens with zero attached hydrogens (tertiary/aromatic N) is 1. The number of nitrogens with one attached hydrogen (secondary N) is 1. The van der Waals surface area contributed by atoms with Crippen LogP contribution in [0.3, 0.4) is 0 Å². The lowest BCUT2D eigenvalue weighted by Crippen LogP contribution is -2.25. The first kappa shape index (κ1) is 14.3. The van der Waals surface area contributed by atoms with Gasteiger partial charge >= 0.3 is 0 Å². The van der Waals surface area contributed by atoms with Crippen molar-refractivity contribution in [3.05, 3.63) is 23.9 Å². The van der Waals surface area contributed by atoms with E-state index < -0.39 is 0 Å². The van der Waals surface area contributed by atoms with Gasteiger partial charge in [-0.1, -0.05) is 6.07 Å². The third kappa shape index (κ3) is 5.17. The highest BCUT2D eigenvalue weighted by atomic mass is 16.5. The fourth-order valence-corrected chi connectivity index (χ4v) is 1.68. The number of rotatable bonds is 8. The second-order valence-corrected chi connectivity index (χ2v) is 5.68. The summed E-state index contributed by atoms with van der Waals surface area (Å²) in [4.78, 5) is 4.49. The van der Waals surface area contributed by atoms with E-state index in [0.29, 0.717) is 18.5 Å². The molecule has 0 saturated heterocycles. The predicted octanol–water partition coefficient (Wildman–Crippen LogP) is 2.53. The van der Waals surface area contributed by atoms with E-state index in [0.717, 1.165) is 18.7 Å². The summed E-state index contributed by atoms with van der Waals surface area (Å²) in [6.07, 6.45) is 3.43. The Morgan fingerprint density at radius 2 is 2.16 bits per heavy atom. The lowest BCUT2D eigenvalue weighted by molar-refractivity contribution is 0.00507. The van der Waals surface area contributed by atoms with E-state index in [1.165, 1.54) is 12.8 Å². The highest BCUT2D eigenvalue weighted by Crippen LogP contribution is 2.19. The number of methoxy groups -OCH3 is 1. The summed E-state index contributed by atoms with van der Waals surface area (Å²) in [7, 11) is 1.72. The minimum absolute atomic E-state index is 0.148. The molecule has 0 spiro atoms. The van der Waals surface area contributed by atoms with Crippen molar-refractivity contribution in [2.45, 2.75) is 51.3 Å². The molecule has 0 bridgehead atoms. The van der Waals surface area contributed by atoms with Crippen molar-refractivity contribution < 1.29 is 9.47 Å². The molecule has 1 heterocycles. The van der Waals surface area contributed by atoms with Crippen LogP contribution in [0.1, 0.15) is 38.8 Å². The summed E-state index contributed by atoms with van der Waals surface area (Å²) in [5.74, 6) is 0.696. The van der Waals surface area contributed by atoms with Gasteiger partial charge < -0.3 is 14.8 Å². The third-order valence-electron chi connectivity index (χ3n) is 3.44. The highest BCUT2D eigenvalue weighted by Gasteiger charge is 2.20. The summed E-state index contributed by atoms with van der Waals surface area (Å²) in [5.41, 5.74) is 0.890. The number of hydrogen-bond donors (Lipinski definition) is 1. The lowest BCUT2D eigenvalue weighted by atomic mass is 10.1. The minimum Gasteiger partial charge on any atom is -0.478 e. The fraction of sp³-hybridized carbons (Fsp3) is 0.667. The van der Waals surface area contributed by atoms with Crippen molar-refractivity contribution in [3.8, 4) is 5.88 Å². The molecule has 4 heteroatoms. The van der Waals surface area contributed by atoms with Crippen LogP contribution in [0.2, 0.25) is 0 Å². The first-order valence-electron chi connectivity index (χ1n) is 6.96. The molecule has 0 radical (unpaired) electrons. The zero-order valence-electron chi connectivity index (χ0n) is 12.1. The molecule has 1 aliphatic rings. The lowest BCUT2D eigenvalue weighted by Gasteiger charge is -2.22. The maximum Gasteiger partial charge on any atom is 0.213 e. The van der Waals surface area contributed by atoms with Gasteiger partial charge in [0.2, 0.25) is 5.88 Å². The molecule has 1 fully saturated rings. The minimum atomic E-state index is -0.148. The van der Waals surface area contributed by atoms with Crippen LogP contribution in [0.25, 0.3) is 0 Å². The Labute approximate surface area is 115 Å². The highest BCUT2D eigenvalue weighted by molar-refractivity contribution is 5.16. The smallest absolute Gasteiger partial charge is 0.213 e. The first-order valence-corrected chi connectivity index (χ1v) is 6.96. The quantitative estimate of drug-likeness (QED) is 0.783. The Balaban J connectivity index is 1.77. The van der Waals surface area contributed by atoms with E-state index in [2.05, 4.69) is 24.1 Å². The molecule has 1 aromatic heterocycles. The monoisotopic (exact) mass is 264 g/mol. The zero-order chi connectivity index (χ0) is 13.7. The molecule has 1 aliphatic carbocycles. The molecular weight excluding hydrogens is 240 g/mol. The van der Waals surface area contributed by atoms with E-state index in [1.807, 2.05) is 18.2 Å². The Morgan fingerprint density at radius 3 is 2.84 bits per heavy atom. The van der Waals surface area contributed by atoms with Crippen molar-refractivity contribution >= 4 is 0 Å². The van der Waals surface area contributed by atoms with Crippen molar-refractivity contribution in [2.75, 3.05) is 13.7 Å². The van der Waals surface area contributed by atoms with E-state index in [9.17, 15) is 0 Å².